The minimum Gasteiger partial charge on any atom is -0.744 e. The van der Waals surface area contributed by atoms with Crippen LogP contribution < -0.4 is 51.4 Å². The van der Waals surface area contributed by atoms with Gasteiger partial charge in [0.2, 0.25) is 0 Å². The molecule has 0 amide bonds. The molecular weight excluding hydrogens is 323 g/mol. The third-order valence-corrected chi connectivity index (χ3v) is 4.60. The van der Waals surface area contributed by atoms with E-state index in [1.165, 1.54) is 19.3 Å². The third kappa shape index (κ3) is 5.71. The van der Waals surface area contributed by atoms with Crippen LogP contribution in [0, 0.1) is 0 Å². The van der Waals surface area contributed by atoms with Crippen molar-refractivity contribution in [3.8, 4) is 0 Å². The summed E-state index contributed by atoms with van der Waals surface area (Å²) in [4.78, 5) is -0.0934. The maximum absolute atomic E-state index is 11.5. The molecule has 0 aromatic heterocycles. The minimum absolute atomic E-state index is 0. The van der Waals surface area contributed by atoms with E-state index >= 15 is 0 Å². The predicted molar refractivity (Wildman–Crippen MR) is 84.4 cm³/mol. The fourth-order valence-corrected chi connectivity index (χ4v) is 3.37. The van der Waals surface area contributed by atoms with Crippen molar-refractivity contribution in [1.29, 1.82) is 0 Å². The molecule has 114 valence electrons. The van der Waals surface area contributed by atoms with Gasteiger partial charge in [0.15, 0.2) is 0 Å². The molecule has 0 aliphatic heterocycles. The smallest absolute Gasteiger partial charge is 0.744 e. The van der Waals surface area contributed by atoms with Crippen LogP contribution in [0.4, 0.5) is 0 Å². The van der Waals surface area contributed by atoms with Gasteiger partial charge in [0.05, 0.1) is 4.90 Å². The number of fused-ring (bicyclic) bond motifs is 1. The van der Waals surface area contributed by atoms with E-state index in [1.807, 2.05) is 18.2 Å². The molecule has 5 heteroatoms. The minimum atomic E-state index is -4.44. The molecule has 0 unspecified atom stereocenters. The molecule has 0 radical (unpaired) electrons. The van der Waals surface area contributed by atoms with E-state index in [1.54, 1.807) is 18.2 Å². The molecule has 0 atom stereocenters. The Bertz CT molecular complexity index is 711. The molecule has 2 rings (SSSR count). The molecule has 0 bridgehead atoms. The number of hydrogen-bond donors (Lipinski definition) is 0. The largest absolute Gasteiger partial charge is 1.00 e. The van der Waals surface area contributed by atoms with Crippen LogP contribution in [0.15, 0.2) is 41.3 Å². The summed E-state index contributed by atoms with van der Waals surface area (Å²) in [7, 11) is -4.44. The van der Waals surface area contributed by atoms with Gasteiger partial charge in [-0.25, -0.2) is 8.42 Å². The fourth-order valence-electron chi connectivity index (χ4n) is 2.62. The molecule has 0 aliphatic rings. The van der Waals surface area contributed by atoms with Crippen LogP contribution in [-0.2, 0) is 16.5 Å². The second-order valence-corrected chi connectivity index (χ2v) is 6.78. The zero-order valence-corrected chi connectivity index (χ0v) is 17.3. The van der Waals surface area contributed by atoms with E-state index in [-0.39, 0.29) is 56.3 Å². The zero-order chi connectivity index (χ0) is 15.3. The Morgan fingerprint density at radius 3 is 2.36 bits per heavy atom. The van der Waals surface area contributed by atoms with Crippen molar-refractivity contribution in [1.82, 2.24) is 0 Å². The Hall–Kier alpha value is 0.246. The predicted octanol–water partition coefficient (Wildman–Crippen LogP) is 1.26. The molecular formula is C17H21KO3S. The van der Waals surface area contributed by atoms with Crippen molar-refractivity contribution in [2.75, 3.05) is 0 Å². The average molecular weight is 345 g/mol. The zero-order valence-electron chi connectivity index (χ0n) is 13.3. The van der Waals surface area contributed by atoms with Crippen LogP contribution in [0.2, 0.25) is 0 Å². The molecule has 0 saturated heterocycles. The summed E-state index contributed by atoms with van der Waals surface area (Å²) < 4.78 is 34.4. The number of rotatable bonds is 7. The first-order valence-electron chi connectivity index (χ1n) is 7.50. The van der Waals surface area contributed by atoms with Crippen molar-refractivity contribution in [3.05, 3.63) is 42.0 Å². The molecule has 0 spiro atoms. The molecule has 2 aromatic rings. The molecule has 22 heavy (non-hydrogen) atoms. The topological polar surface area (TPSA) is 57.2 Å². The van der Waals surface area contributed by atoms with Gasteiger partial charge in [0.25, 0.3) is 0 Å². The van der Waals surface area contributed by atoms with Crippen LogP contribution in [0.5, 0.6) is 0 Å². The maximum atomic E-state index is 11.5. The van der Waals surface area contributed by atoms with Crippen LogP contribution in [0.1, 0.15) is 44.6 Å². The van der Waals surface area contributed by atoms with Crippen LogP contribution in [0.25, 0.3) is 10.8 Å². The Kier molecular flexibility index (Phi) is 8.78. The second kappa shape index (κ2) is 9.52. The molecule has 2 aromatic carbocycles. The quantitative estimate of drug-likeness (QED) is 0.432. The monoisotopic (exact) mass is 344 g/mol. The summed E-state index contributed by atoms with van der Waals surface area (Å²) in [6.45, 7) is 2.18. The van der Waals surface area contributed by atoms with Gasteiger partial charge in [0, 0.05) is 0 Å². The standard InChI is InChI=1S/C17H22O3S.K/c1-2-3-4-5-6-9-14-12-15-10-7-8-11-16(15)17(13-14)21(18,19)20;/h7-8,10-13H,2-6,9H2,1H3,(H,18,19,20);/q;+1/p-1. The van der Waals surface area contributed by atoms with Crippen molar-refractivity contribution >= 4 is 20.9 Å². The summed E-state index contributed by atoms with van der Waals surface area (Å²) in [5.41, 5.74) is 0.930. The summed E-state index contributed by atoms with van der Waals surface area (Å²) in [5.74, 6) is 0. The number of unbranched alkanes of at least 4 members (excludes halogenated alkanes) is 4. The van der Waals surface area contributed by atoms with Gasteiger partial charge >= 0.3 is 51.4 Å². The normalized spacial score (nSPS) is 11.4. The van der Waals surface area contributed by atoms with Crippen LogP contribution in [-0.4, -0.2) is 13.0 Å². The van der Waals surface area contributed by atoms with E-state index in [0.717, 1.165) is 30.2 Å². The number of benzene rings is 2. The van der Waals surface area contributed by atoms with Gasteiger partial charge in [-0.15, -0.1) is 0 Å². The molecule has 0 saturated carbocycles. The summed E-state index contributed by atoms with van der Waals surface area (Å²) >= 11 is 0. The van der Waals surface area contributed by atoms with E-state index in [4.69, 9.17) is 0 Å². The molecule has 3 nitrogen and oxygen atoms in total. The van der Waals surface area contributed by atoms with Gasteiger partial charge in [-0.05, 0) is 35.2 Å². The van der Waals surface area contributed by atoms with E-state index in [0.29, 0.717) is 5.39 Å². The summed E-state index contributed by atoms with van der Waals surface area (Å²) in [5, 5.41) is 1.33. The number of hydrogen-bond acceptors (Lipinski definition) is 3. The fraction of sp³-hybridized carbons (Fsp3) is 0.412. The Labute approximate surface area is 175 Å². The number of aryl methyl sites for hydroxylation is 1. The Balaban J connectivity index is 0.00000242. The van der Waals surface area contributed by atoms with Gasteiger partial charge in [-0.2, -0.15) is 0 Å². The van der Waals surface area contributed by atoms with Gasteiger partial charge in [-0.3, -0.25) is 0 Å². The van der Waals surface area contributed by atoms with Crippen molar-refractivity contribution < 1.29 is 64.4 Å². The first-order chi connectivity index (χ1) is 10.0. The van der Waals surface area contributed by atoms with Gasteiger partial charge in [0.1, 0.15) is 10.1 Å². The first-order valence-corrected chi connectivity index (χ1v) is 8.91. The van der Waals surface area contributed by atoms with Crippen LogP contribution >= 0.6 is 0 Å². The van der Waals surface area contributed by atoms with Crippen LogP contribution in [0.3, 0.4) is 0 Å². The van der Waals surface area contributed by atoms with Crippen molar-refractivity contribution in [2.45, 2.75) is 50.3 Å². The molecule has 0 heterocycles. The van der Waals surface area contributed by atoms with E-state index in [2.05, 4.69) is 6.92 Å². The van der Waals surface area contributed by atoms with Gasteiger partial charge < -0.3 is 4.55 Å². The Morgan fingerprint density at radius 2 is 1.68 bits per heavy atom. The second-order valence-electron chi connectivity index (χ2n) is 5.43. The SMILES string of the molecule is CCCCCCCc1cc(S(=O)(=O)[O-])c2ccccc2c1.[K+]. The van der Waals surface area contributed by atoms with Gasteiger partial charge in [-0.1, -0.05) is 62.9 Å². The maximum Gasteiger partial charge on any atom is 1.00 e. The Morgan fingerprint density at radius 1 is 1.00 bits per heavy atom. The summed E-state index contributed by atoms with van der Waals surface area (Å²) in [6, 6.07) is 10.7. The van der Waals surface area contributed by atoms with Crippen molar-refractivity contribution in [3.63, 3.8) is 0 Å². The van der Waals surface area contributed by atoms with E-state index < -0.39 is 10.1 Å². The molecule has 0 N–H and O–H groups in total. The van der Waals surface area contributed by atoms with E-state index in [9.17, 15) is 13.0 Å². The third-order valence-electron chi connectivity index (χ3n) is 3.72. The average Bonchev–Trinajstić information content (AvgIpc) is 2.45. The molecule has 0 aliphatic carbocycles. The summed E-state index contributed by atoms with van der Waals surface area (Å²) in [6.07, 6.45) is 6.62. The molecule has 0 fully saturated rings. The first kappa shape index (κ1) is 20.3. The van der Waals surface area contributed by atoms with Crippen molar-refractivity contribution in [2.24, 2.45) is 0 Å².